The zero-order valence-corrected chi connectivity index (χ0v) is 26.9. The molecule has 2 aromatic rings. The van der Waals surface area contributed by atoms with Crippen LogP contribution in [-0.4, -0.2) is 64.7 Å². The zero-order chi connectivity index (χ0) is 33.3. The summed E-state index contributed by atoms with van der Waals surface area (Å²) in [6.45, 7) is 5.97. The van der Waals surface area contributed by atoms with Crippen LogP contribution >= 0.6 is 23.2 Å². The lowest BCUT2D eigenvalue weighted by atomic mass is 9.73. The molecule has 13 heteroatoms. The van der Waals surface area contributed by atoms with Gasteiger partial charge in [0.2, 0.25) is 5.91 Å². The number of rotatable bonds is 11. The van der Waals surface area contributed by atoms with Crippen molar-refractivity contribution in [2.45, 2.75) is 56.3 Å². The molecule has 0 unspecified atom stereocenters. The molecule has 2 saturated heterocycles. The van der Waals surface area contributed by atoms with E-state index >= 15 is 4.39 Å². The number of aliphatic hydroxyl groups excluding tert-OH is 1. The molecule has 5 rings (SSSR count). The van der Waals surface area contributed by atoms with E-state index in [0.29, 0.717) is 28.8 Å². The first-order valence-electron chi connectivity index (χ1n) is 14.9. The number of ether oxygens (including phenoxy) is 1. The number of carbonyl (C=O) groups is 2. The van der Waals surface area contributed by atoms with Crippen LogP contribution in [0.3, 0.4) is 0 Å². The molecule has 3 fully saturated rings. The van der Waals surface area contributed by atoms with E-state index in [2.05, 4.69) is 17.2 Å². The Morgan fingerprint density at radius 3 is 2.72 bits per heavy atom. The van der Waals surface area contributed by atoms with Crippen LogP contribution in [0.25, 0.3) is 0 Å². The van der Waals surface area contributed by atoms with Gasteiger partial charge in [0.25, 0.3) is 5.69 Å². The number of methoxy groups -OCH3 is 1. The van der Waals surface area contributed by atoms with Gasteiger partial charge in [-0.25, -0.2) is 9.18 Å². The van der Waals surface area contributed by atoms with Crippen molar-refractivity contribution in [1.82, 2.24) is 15.5 Å². The molecule has 1 saturated carbocycles. The van der Waals surface area contributed by atoms with Crippen LogP contribution in [0.15, 0.2) is 71.4 Å². The second kappa shape index (κ2) is 13.6. The van der Waals surface area contributed by atoms with Crippen LogP contribution in [0.4, 0.5) is 10.1 Å². The molecule has 3 aliphatic rings. The Morgan fingerprint density at radius 1 is 1.35 bits per heavy atom. The van der Waals surface area contributed by atoms with Crippen LogP contribution in [0.2, 0.25) is 5.02 Å². The Hall–Kier alpha value is -3.61. The molecule has 1 aliphatic carbocycles. The van der Waals surface area contributed by atoms with Crippen LogP contribution in [0.5, 0.6) is 0 Å². The van der Waals surface area contributed by atoms with Crippen LogP contribution in [-0.2, 0) is 16.1 Å². The van der Waals surface area contributed by atoms with Crippen molar-refractivity contribution >= 4 is 40.8 Å². The predicted molar refractivity (Wildman–Crippen MR) is 172 cm³/mol. The van der Waals surface area contributed by atoms with Crippen molar-refractivity contribution < 1.29 is 28.7 Å². The van der Waals surface area contributed by atoms with Gasteiger partial charge >= 0.3 is 5.97 Å². The highest BCUT2D eigenvalue weighted by molar-refractivity contribution is 6.31. The third-order valence-corrected chi connectivity index (χ3v) is 9.84. The lowest BCUT2D eigenvalue weighted by molar-refractivity contribution is -0.385. The number of esters is 1. The molecule has 2 aliphatic heterocycles. The molecule has 3 N–H and O–H groups in total. The highest BCUT2D eigenvalue weighted by Gasteiger charge is 2.67. The first kappa shape index (κ1) is 33.7. The van der Waals surface area contributed by atoms with Crippen LogP contribution < -0.4 is 10.6 Å². The second-order valence-electron chi connectivity index (χ2n) is 11.7. The van der Waals surface area contributed by atoms with Crippen molar-refractivity contribution in [2.75, 3.05) is 20.3 Å². The highest BCUT2D eigenvalue weighted by Crippen LogP contribution is 2.55. The van der Waals surface area contributed by atoms with E-state index in [9.17, 15) is 24.8 Å². The molecule has 10 nitrogen and oxygen atoms in total. The van der Waals surface area contributed by atoms with Gasteiger partial charge in [-0.05, 0) is 48.6 Å². The van der Waals surface area contributed by atoms with E-state index in [0.717, 1.165) is 25.3 Å². The van der Waals surface area contributed by atoms with Gasteiger partial charge < -0.3 is 20.5 Å². The number of nitro benzene ring substituents is 1. The van der Waals surface area contributed by atoms with Crippen LogP contribution in [0.1, 0.15) is 53.6 Å². The second-order valence-corrected chi connectivity index (χ2v) is 12.6. The first-order chi connectivity index (χ1) is 22.0. The van der Waals surface area contributed by atoms with Gasteiger partial charge in [0.15, 0.2) is 0 Å². The van der Waals surface area contributed by atoms with E-state index in [1.54, 1.807) is 31.2 Å². The summed E-state index contributed by atoms with van der Waals surface area (Å²) < 4.78 is 20.8. The molecule has 4 atom stereocenters. The van der Waals surface area contributed by atoms with Crippen molar-refractivity contribution in [3.63, 3.8) is 0 Å². The monoisotopic (exact) mass is 672 g/mol. The van der Waals surface area contributed by atoms with E-state index in [1.807, 2.05) is 4.90 Å². The number of benzene rings is 2. The van der Waals surface area contributed by atoms with Crippen LogP contribution in [0, 0.1) is 21.8 Å². The number of halogens is 3. The summed E-state index contributed by atoms with van der Waals surface area (Å²) >= 11 is 12.6. The Labute approximate surface area is 276 Å². The van der Waals surface area contributed by atoms with Crippen molar-refractivity contribution in [1.29, 1.82) is 0 Å². The normalized spacial score (nSPS) is 25.8. The SMILES string of the molecule is C=C1/C(=C\C(Cl)=C/C)NC(=O)[C@@]12[C@H](c1cccc(Cl)c1F)[C@@H](NCc1ccc(C(=O)OC)cc1[N+](=O)[O-])[C@@H](CO)N2CCC1CC1. The van der Waals surface area contributed by atoms with E-state index in [-0.39, 0.29) is 33.9 Å². The van der Waals surface area contributed by atoms with Crippen molar-refractivity contribution in [3.05, 3.63) is 109 Å². The average Bonchev–Trinajstić information content (AvgIpc) is 3.79. The molecule has 46 heavy (non-hydrogen) atoms. The summed E-state index contributed by atoms with van der Waals surface area (Å²) in [4.78, 5) is 39.8. The van der Waals surface area contributed by atoms with Gasteiger partial charge in [0, 0.05) is 47.4 Å². The fraction of sp³-hybridized carbons (Fsp3) is 0.394. The van der Waals surface area contributed by atoms with Gasteiger partial charge in [0.05, 0.1) is 35.3 Å². The number of hydrogen-bond donors (Lipinski definition) is 3. The van der Waals surface area contributed by atoms with Gasteiger partial charge in [-0.3, -0.25) is 19.8 Å². The molecule has 244 valence electrons. The predicted octanol–water partition coefficient (Wildman–Crippen LogP) is 5.34. The summed E-state index contributed by atoms with van der Waals surface area (Å²) in [5.74, 6) is -2.43. The zero-order valence-electron chi connectivity index (χ0n) is 25.4. The van der Waals surface area contributed by atoms with Gasteiger partial charge in [-0.15, -0.1) is 0 Å². The number of nitrogens with one attached hydrogen (secondary N) is 2. The molecule has 1 spiro atoms. The maximum Gasteiger partial charge on any atom is 0.338 e. The van der Waals surface area contributed by atoms with Gasteiger partial charge in [0.1, 0.15) is 11.4 Å². The van der Waals surface area contributed by atoms with E-state index in [4.69, 9.17) is 27.9 Å². The number of likely N-dealkylation sites (tertiary alicyclic amines) is 1. The third-order valence-electron chi connectivity index (χ3n) is 9.22. The molecule has 0 aromatic heterocycles. The maximum absolute atomic E-state index is 16.1. The number of nitro groups is 1. The highest BCUT2D eigenvalue weighted by atomic mass is 35.5. The third kappa shape index (κ3) is 5.98. The standard InChI is InChI=1S/C33H35Cl2FN4O6/c1-4-22(34)15-25-18(2)33(32(43)38-25)28(23-6-5-7-24(35)29(23)36)30(27(17-41)39(33)13-12-19-8-9-19)37-16-21-11-10-20(31(42)46-3)14-26(21)40(44)45/h4-7,10-11,14-15,19,27-28,30,37,41H,2,8-9,12-13,16-17H2,1,3H3,(H,38,43)/b22-4+,25-15+/t27-,28-,30+,33+/m1/s1. The fourth-order valence-electron chi connectivity index (χ4n) is 6.80. The number of aliphatic hydroxyl groups is 1. The molecule has 2 heterocycles. The quantitative estimate of drug-likeness (QED) is 0.165. The summed E-state index contributed by atoms with van der Waals surface area (Å²) in [5.41, 5.74) is -0.800. The molecular weight excluding hydrogens is 638 g/mol. The molecule has 2 aromatic carbocycles. The largest absolute Gasteiger partial charge is 0.465 e. The smallest absolute Gasteiger partial charge is 0.338 e. The lowest BCUT2D eigenvalue weighted by Gasteiger charge is -2.39. The molecular formula is C33H35Cl2FN4O6. The minimum absolute atomic E-state index is 0.00848. The Morgan fingerprint density at radius 2 is 2.09 bits per heavy atom. The van der Waals surface area contributed by atoms with E-state index < -0.39 is 52.8 Å². The number of hydrogen-bond acceptors (Lipinski definition) is 8. The number of carbonyl (C=O) groups excluding carboxylic acids is 2. The van der Waals surface area contributed by atoms with Gasteiger partial charge in [-0.1, -0.05) is 66.9 Å². The summed E-state index contributed by atoms with van der Waals surface area (Å²) in [6.07, 6.45) is 6.09. The Kier molecular flexibility index (Phi) is 10.00. The topological polar surface area (TPSA) is 134 Å². The summed E-state index contributed by atoms with van der Waals surface area (Å²) in [5, 5.41) is 29.4. The lowest BCUT2D eigenvalue weighted by Crippen LogP contribution is -2.56. The Bertz CT molecular complexity index is 1640. The summed E-state index contributed by atoms with van der Waals surface area (Å²) in [6, 6.07) is 6.97. The number of allylic oxidation sites excluding steroid dienone is 3. The first-order valence-corrected chi connectivity index (χ1v) is 15.7. The van der Waals surface area contributed by atoms with Gasteiger partial charge in [-0.2, -0.15) is 0 Å². The fourth-order valence-corrected chi connectivity index (χ4v) is 7.09. The molecule has 0 radical (unpaired) electrons. The van der Waals surface area contributed by atoms with Crippen molar-refractivity contribution in [2.24, 2.45) is 5.92 Å². The average molecular weight is 674 g/mol. The molecule has 1 amide bonds. The van der Waals surface area contributed by atoms with Crippen molar-refractivity contribution in [3.8, 4) is 0 Å². The minimum atomic E-state index is -1.57. The number of amides is 1. The van der Waals surface area contributed by atoms with E-state index in [1.165, 1.54) is 25.3 Å². The Balaban J connectivity index is 1.66. The minimum Gasteiger partial charge on any atom is -0.465 e. The molecule has 0 bridgehead atoms. The summed E-state index contributed by atoms with van der Waals surface area (Å²) in [7, 11) is 1.18. The maximum atomic E-state index is 16.1. The number of nitrogens with zero attached hydrogens (tertiary/aromatic N) is 2.